The number of benzene rings is 1. The van der Waals surface area contributed by atoms with Gasteiger partial charge in [-0.2, -0.15) is 0 Å². The van der Waals surface area contributed by atoms with E-state index in [2.05, 4.69) is 36.8 Å². The molecule has 12 heavy (non-hydrogen) atoms. The van der Waals surface area contributed by atoms with Crippen LogP contribution in [0.25, 0.3) is 0 Å². The minimum Gasteiger partial charge on any atom is -0.0622 e. The average Bonchev–Trinajstić information content (AvgIpc) is 2.04. The molecule has 0 saturated heterocycles. The third-order valence-corrected chi connectivity index (χ3v) is 2.71. The molecule has 0 heteroatoms. The van der Waals surface area contributed by atoms with E-state index in [1.54, 1.807) is 0 Å². The maximum absolute atomic E-state index is 2.36. The molecule has 0 aromatic heterocycles. The Morgan fingerprint density at radius 3 is 2.50 bits per heavy atom. The first-order valence-corrected chi connectivity index (χ1v) is 4.83. The molecule has 0 aliphatic heterocycles. The third kappa shape index (κ3) is 1.88. The lowest BCUT2D eigenvalue weighted by Gasteiger charge is -2.24. The molecule has 0 heterocycles. The Kier molecular flexibility index (Phi) is 2.45. The molecule has 0 spiro atoms. The second kappa shape index (κ2) is 3.75. The van der Waals surface area contributed by atoms with Crippen molar-refractivity contribution >= 4 is 0 Å². The predicted octanol–water partition coefficient (Wildman–Crippen LogP) is 3.43. The van der Waals surface area contributed by atoms with Crippen molar-refractivity contribution in [2.75, 3.05) is 0 Å². The molecule has 1 radical (unpaired) electrons. The van der Waals surface area contributed by atoms with E-state index in [0.29, 0.717) is 0 Å². The van der Waals surface area contributed by atoms with Gasteiger partial charge in [-0.1, -0.05) is 49.6 Å². The van der Waals surface area contributed by atoms with Gasteiger partial charge >= 0.3 is 0 Å². The summed E-state index contributed by atoms with van der Waals surface area (Å²) in [6, 6.07) is 10.6. The van der Waals surface area contributed by atoms with E-state index in [9.17, 15) is 0 Å². The van der Waals surface area contributed by atoms with Gasteiger partial charge < -0.3 is 0 Å². The average molecular weight is 159 g/mol. The molecule has 0 amide bonds. The Labute approximate surface area is 74.6 Å². The Morgan fingerprint density at radius 1 is 1.17 bits per heavy atom. The summed E-state index contributed by atoms with van der Waals surface area (Å²) >= 11 is 0. The van der Waals surface area contributed by atoms with Crippen molar-refractivity contribution in [2.24, 2.45) is 5.92 Å². The molecule has 0 atom stereocenters. The van der Waals surface area contributed by atoms with Crippen molar-refractivity contribution in [1.82, 2.24) is 0 Å². The van der Waals surface area contributed by atoms with Gasteiger partial charge in [-0.25, -0.2) is 0 Å². The molecule has 0 bridgehead atoms. The van der Waals surface area contributed by atoms with Gasteiger partial charge in [0.05, 0.1) is 0 Å². The summed E-state index contributed by atoms with van der Waals surface area (Å²) in [6.07, 6.45) is 7.99. The van der Waals surface area contributed by atoms with Crippen molar-refractivity contribution in [3.8, 4) is 0 Å². The van der Waals surface area contributed by atoms with Gasteiger partial charge in [0, 0.05) is 0 Å². The van der Waals surface area contributed by atoms with Crippen LogP contribution in [0.1, 0.15) is 31.2 Å². The van der Waals surface area contributed by atoms with E-state index >= 15 is 0 Å². The maximum Gasteiger partial charge on any atom is -0.00904 e. The van der Waals surface area contributed by atoms with E-state index in [1.807, 2.05) is 0 Å². The molecule has 2 rings (SSSR count). The molecular weight excluding hydrogens is 144 g/mol. The summed E-state index contributed by atoms with van der Waals surface area (Å²) in [6.45, 7) is 0. The van der Waals surface area contributed by atoms with Crippen molar-refractivity contribution in [1.29, 1.82) is 0 Å². The van der Waals surface area contributed by atoms with Gasteiger partial charge in [0.25, 0.3) is 0 Å². The highest BCUT2D eigenvalue weighted by Gasteiger charge is 2.16. The van der Waals surface area contributed by atoms with Gasteiger partial charge in [0.1, 0.15) is 0 Å². The summed E-state index contributed by atoms with van der Waals surface area (Å²) in [5, 5.41) is 0. The quantitative estimate of drug-likeness (QED) is 0.634. The van der Waals surface area contributed by atoms with Gasteiger partial charge in [-0.3, -0.25) is 0 Å². The predicted molar refractivity (Wildman–Crippen MR) is 51.8 cm³/mol. The zero-order chi connectivity index (χ0) is 8.23. The van der Waals surface area contributed by atoms with Crippen molar-refractivity contribution in [3.05, 3.63) is 42.3 Å². The lowest BCUT2D eigenvalue weighted by molar-refractivity contribution is 0.314. The minimum absolute atomic E-state index is 0.991. The fourth-order valence-electron chi connectivity index (χ4n) is 1.62. The van der Waals surface area contributed by atoms with Gasteiger partial charge in [-0.15, -0.1) is 0 Å². The molecule has 1 aliphatic rings. The SMILES string of the molecule is [CH](CC1CCC1)c1ccccc1. The fraction of sp³-hybridized carbons (Fsp3) is 0.417. The van der Waals surface area contributed by atoms with Crippen LogP contribution in [0.15, 0.2) is 30.3 Å². The fourth-order valence-corrected chi connectivity index (χ4v) is 1.62. The van der Waals surface area contributed by atoms with Crippen molar-refractivity contribution in [2.45, 2.75) is 25.7 Å². The topological polar surface area (TPSA) is 0 Å². The van der Waals surface area contributed by atoms with Crippen LogP contribution in [0.5, 0.6) is 0 Å². The Morgan fingerprint density at radius 2 is 1.92 bits per heavy atom. The summed E-state index contributed by atoms with van der Waals surface area (Å²) in [5.74, 6) is 0.991. The molecule has 1 aromatic carbocycles. The van der Waals surface area contributed by atoms with Crippen molar-refractivity contribution in [3.63, 3.8) is 0 Å². The monoisotopic (exact) mass is 159 g/mol. The highest BCUT2D eigenvalue weighted by molar-refractivity contribution is 5.22. The number of hydrogen-bond acceptors (Lipinski definition) is 0. The smallest absolute Gasteiger partial charge is 0.00904 e. The zero-order valence-corrected chi connectivity index (χ0v) is 7.37. The maximum atomic E-state index is 2.36. The standard InChI is InChI=1S/C12H15/c1-2-5-11(6-3-1)9-10-12-7-4-8-12/h1-3,5-6,9,12H,4,7-8,10H2. The Balaban J connectivity index is 1.79. The van der Waals surface area contributed by atoms with Crippen LogP contribution < -0.4 is 0 Å². The van der Waals surface area contributed by atoms with Crippen LogP contribution >= 0.6 is 0 Å². The molecule has 1 aliphatic carbocycles. The zero-order valence-electron chi connectivity index (χ0n) is 7.37. The van der Waals surface area contributed by atoms with Crippen LogP contribution in [0, 0.1) is 12.3 Å². The number of rotatable bonds is 3. The van der Waals surface area contributed by atoms with E-state index < -0.39 is 0 Å². The van der Waals surface area contributed by atoms with Crippen LogP contribution in [0.4, 0.5) is 0 Å². The summed E-state index contributed by atoms with van der Waals surface area (Å²) in [4.78, 5) is 0. The lowest BCUT2D eigenvalue weighted by atomic mass is 9.81. The summed E-state index contributed by atoms with van der Waals surface area (Å²) < 4.78 is 0. The molecule has 63 valence electrons. The molecule has 0 N–H and O–H groups in total. The number of hydrogen-bond donors (Lipinski definition) is 0. The third-order valence-electron chi connectivity index (χ3n) is 2.71. The molecule has 1 saturated carbocycles. The normalized spacial score (nSPS) is 17.3. The van der Waals surface area contributed by atoms with E-state index in [-0.39, 0.29) is 0 Å². The Hall–Kier alpha value is -0.780. The highest BCUT2D eigenvalue weighted by Crippen LogP contribution is 2.30. The largest absolute Gasteiger partial charge is 0.0622 e. The van der Waals surface area contributed by atoms with E-state index in [1.165, 1.54) is 31.2 Å². The molecule has 1 fully saturated rings. The second-order valence-corrected chi connectivity index (χ2v) is 3.65. The molecule has 0 unspecified atom stereocenters. The van der Waals surface area contributed by atoms with E-state index in [0.717, 1.165) is 5.92 Å². The van der Waals surface area contributed by atoms with Crippen LogP contribution in [-0.2, 0) is 0 Å². The van der Waals surface area contributed by atoms with Crippen LogP contribution in [-0.4, -0.2) is 0 Å². The van der Waals surface area contributed by atoms with E-state index in [4.69, 9.17) is 0 Å². The highest BCUT2D eigenvalue weighted by atomic mass is 14.2. The molecule has 1 aromatic rings. The minimum atomic E-state index is 0.991. The Bertz CT molecular complexity index is 221. The first-order chi connectivity index (χ1) is 5.95. The van der Waals surface area contributed by atoms with Crippen molar-refractivity contribution < 1.29 is 0 Å². The summed E-state index contributed by atoms with van der Waals surface area (Å²) in [7, 11) is 0. The first kappa shape index (κ1) is 7.85. The second-order valence-electron chi connectivity index (χ2n) is 3.65. The molecular formula is C12H15. The van der Waals surface area contributed by atoms with Gasteiger partial charge in [-0.05, 0) is 24.3 Å². The molecule has 0 nitrogen and oxygen atoms in total. The van der Waals surface area contributed by atoms with Crippen LogP contribution in [0.3, 0.4) is 0 Å². The van der Waals surface area contributed by atoms with Gasteiger partial charge in [0.2, 0.25) is 0 Å². The lowest BCUT2D eigenvalue weighted by Crippen LogP contribution is -2.10. The first-order valence-electron chi connectivity index (χ1n) is 4.83. The van der Waals surface area contributed by atoms with Gasteiger partial charge in [0.15, 0.2) is 0 Å². The summed E-state index contributed by atoms with van der Waals surface area (Å²) in [5.41, 5.74) is 1.38. The van der Waals surface area contributed by atoms with Crippen LogP contribution in [0.2, 0.25) is 0 Å².